The van der Waals surface area contributed by atoms with E-state index in [1.807, 2.05) is 0 Å². The second kappa shape index (κ2) is 8.46. The summed E-state index contributed by atoms with van der Waals surface area (Å²) in [4.78, 5) is 25.4. The van der Waals surface area contributed by atoms with E-state index in [2.05, 4.69) is 0 Å². The fourth-order valence-corrected chi connectivity index (χ4v) is 3.59. The molecule has 3 rings (SSSR count). The summed E-state index contributed by atoms with van der Waals surface area (Å²) in [5.74, 6) is 0.108. The standard InChI is InChI=1S/C20H20FN3O6S/c1-24(2)20(26)29-12-6-7-14-15(10-21)17(19(25)30-16(14)9-12)18(22)11-4-3-5-13(8-11)31(23,27)28/h3-9,18H,10,22H2,1-2H3,(H2,23,27,28). The average Bonchev–Trinajstić information content (AvgIpc) is 2.71. The van der Waals surface area contributed by atoms with Crippen molar-refractivity contribution in [3.63, 3.8) is 0 Å². The Labute approximate surface area is 177 Å². The topological polar surface area (TPSA) is 146 Å². The lowest BCUT2D eigenvalue weighted by Crippen LogP contribution is -2.25. The Morgan fingerprint density at radius 2 is 1.94 bits per heavy atom. The normalized spacial score (nSPS) is 12.5. The van der Waals surface area contributed by atoms with Gasteiger partial charge in [-0.15, -0.1) is 0 Å². The van der Waals surface area contributed by atoms with E-state index >= 15 is 0 Å². The number of ether oxygens (including phenoxy) is 1. The predicted octanol–water partition coefficient (Wildman–Crippen LogP) is 2.02. The fraction of sp³-hybridized carbons (Fsp3) is 0.200. The minimum absolute atomic E-state index is 0.00903. The summed E-state index contributed by atoms with van der Waals surface area (Å²) < 4.78 is 47.7. The Bertz CT molecular complexity index is 1320. The fourth-order valence-electron chi connectivity index (χ4n) is 3.03. The summed E-state index contributed by atoms with van der Waals surface area (Å²) >= 11 is 0. The van der Waals surface area contributed by atoms with E-state index in [1.165, 1.54) is 61.5 Å². The van der Waals surface area contributed by atoms with Gasteiger partial charge in [-0.1, -0.05) is 12.1 Å². The lowest BCUT2D eigenvalue weighted by molar-refractivity contribution is 0.172. The highest BCUT2D eigenvalue weighted by molar-refractivity contribution is 7.89. The number of nitrogens with two attached hydrogens (primary N) is 2. The number of benzene rings is 2. The molecule has 4 N–H and O–H groups in total. The third kappa shape index (κ3) is 4.58. The van der Waals surface area contributed by atoms with E-state index in [-0.39, 0.29) is 38.3 Å². The van der Waals surface area contributed by atoms with Gasteiger partial charge >= 0.3 is 11.7 Å². The molecular weight excluding hydrogens is 429 g/mol. The van der Waals surface area contributed by atoms with Crippen molar-refractivity contribution in [1.29, 1.82) is 0 Å². The molecule has 0 saturated carbocycles. The van der Waals surface area contributed by atoms with Gasteiger partial charge < -0.3 is 19.8 Å². The Hall–Kier alpha value is -3.28. The van der Waals surface area contributed by atoms with Crippen molar-refractivity contribution in [3.05, 3.63) is 69.6 Å². The van der Waals surface area contributed by atoms with Crippen LogP contribution in [0.4, 0.5) is 9.18 Å². The number of carbonyl (C=O) groups excluding carboxylic acids is 1. The summed E-state index contributed by atoms with van der Waals surface area (Å²) in [7, 11) is -0.992. The number of primary sulfonamides is 1. The zero-order valence-electron chi connectivity index (χ0n) is 16.7. The molecule has 31 heavy (non-hydrogen) atoms. The zero-order chi connectivity index (χ0) is 22.9. The van der Waals surface area contributed by atoms with Crippen LogP contribution in [0, 0.1) is 0 Å². The monoisotopic (exact) mass is 449 g/mol. The number of hydrogen-bond donors (Lipinski definition) is 2. The lowest BCUT2D eigenvalue weighted by Gasteiger charge is -2.17. The molecule has 3 aromatic rings. The number of alkyl halides is 1. The summed E-state index contributed by atoms with van der Waals surface area (Å²) in [6.07, 6.45) is -0.638. The highest BCUT2D eigenvalue weighted by atomic mass is 32.2. The molecule has 0 aliphatic carbocycles. The lowest BCUT2D eigenvalue weighted by atomic mass is 9.95. The maximum atomic E-state index is 14.0. The van der Waals surface area contributed by atoms with Crippen LogP contribution in [0.25, 0.3) is 11.0 Å². The smallest absolute Gasteiger partial charge is 0.414 e. The van der Waals surface area contributed by atoms with Crippen LogP contribution in [-0.4, -0.2) is 33.5 Å². The number of amides is 1. The number of carbonyl (C=O) groups is 1. The van der Waals surface area contributed by atoms with Crippen molar-refractivity contribution in [2.75, 3.05) is 14.1 Å². The SMILES string of the molecule is CN(C)C(=O)Oc1ccc2c(CF)c(C(N)c3cccc(S(N)(=O)=O)c3)c(=O)oc2c1. The Morgan fingerprint density at radius 3 is 2.55 bits per heavy atom. The maximum absolute atomic E-state index is 14.0. The molecule has 0 bridgehead atoms. The van der Waals surface area contributed by atoms with Crippen LogP contribution >= 0.6 is 0 Å². The van der Waals surface area contributed by atoms with Crippen LogP contribution in [0.1, 0.15) is 22.7 Å². The van der Waals surface area contributed by atoms with Gasteiger partial charge in [0.15, 0.2) is 0 Å². The molecule has 1 aromatic heterocycles. The van der Waals surface area contributed by atoms with Crippen molar-refractivity contribution in [1.82, 2.24) is 4.90 Å². The van der Waals surface area contributed by atoms with E-state index in [0.29, 0.717) is 0 Å². The first-order chi connectivity index (χ1) is 14.5. The van der Waals surface area contributed by atoms with Crippen molar-refractivity contribution in [2.45, 2.75) is 17.6 Å². The van der Waals surface area contributed by atoms with Crippen LogP contribution in [0.15, 0.2) is 56.6 Å². The van der Waals surface area contributed by atoms with Crippen molar-refractivity contribution >= 4 is 27.1 Å². The third-order valence-electron chi connectivity index (χ3n) is 4.59. The summed E-state index contributed by atoms with van der Waals surface area (Å²) in [5, 5.41) is 5.41. The highest BCUT2D eigenvalue weighted by Gasteiger charge is 2.23. The molecule has 0 aliphatic heterocycles. The van der Waals surface area contributed by atoms with Crippen LogP contribution in [0.5, 0.6) is 5.75 Å². The predicted molar refractivity (Wildman–Crippen MR) is 111 cm³/mol. The van der Waals surface area contributed by atoms with Crippen molar-refractivity contribution in [3.8, 4) is 5.75 Å². The van der Waals surface area contributed by atoms with E-state index in [1.54, 1.807) is 0 Å². The quantitative estimate of drug-likeness (QED) is 0.567. The Kier molecular flexibility index (Phi) is 6.11. The first-order valence-electron chi connectivity index (χ1n) is 8.96. The second-order valence-electron chi connectivity index (χ2n) is 6.93. The molecule has 1 unspecified atom stereocenters. The van der Waals surface area contributed by atoms with Gasteiger partial charge in [-0.05, 0) is 29.8 Å². The number of sulfonamides is 1. The minimum Gasteiger partial charge on any atom is -0.422 e. The molecule has 1 amide bonds. The molecule has 2 aromatic carbocycles. The summed E-state index contributed by atoms with van der Waals surface area (Å²) in [6, 6.07) is 8.42. The van der Waals surface area contributed by atoms with Crippen LogP contribution in [0.2, 0.25) is 0 Å². The van der Waals surface area contributed by atoms with Gasteiger partial charge in [-0.3, -0.25) is 0 Å². The molecule has 0 radical (unpaired) electrons. The molecule has 1 heterocycles. The van der Waals surface area contributed by atoms with Gasteiger partial charge in [0.05, 0.1) is 16.5 Å². The number of halogens is 1. The Morgan fingerprint density at radius 1 is 1.23 bits per heavy atom. The van der Waals surface area contributed by atoms with E-state index in [0.717, 1.165) is 0 Å². The van der Waals surface area contributed by atoms with Gasteiger partial charge in [-0.2, -0.15) is 0 Å². The summed E-state index contributed by atoms with van der Waals surface area (Å²) in [6.45, 7) is -1.03. The first kappa shape index (κ1) is 22.4. The van der Waals surface area contributed by atoms with Crippen LogP contribution in [0.3, 0.4) is 0 Å². The molecular formula is C20H20FN3O6S. The van der Waals surface area contributed by atoms with Crippen molar-refractivity contribution < 1.29 is 26.8 Å². The molecule has 11 heteroatoms. The van der Waals surface area contributed by atoms with E-state index < -0.39 is 34.5 Å². The number of rotatable bonds is 5. The van der Waals surface area contributed by atoms with E-state index in [9.17, 15) is 22.4 Å². The van der Waals surface area contributed by atoms with Crippen LogP contribution in [-0.2, 0) is 16.7 Å². The van der Waals surface area contributed by atoms with Gasteiger partial charge in [-0.25, -0.2) is 27.5 Å². The highest BCUT2D eigenvalue weighted by Crippen LogP contribution is 2.30. The molecule has 0 spiro atoms. The van der Waals surface area contributed by atoms with Gasteiger partial charge in [0, 0.05) is 31.1 Å². The molecule has 9 nitrogen and oxygen atoms in total. The minimum atomic E-state index is -4.00. The molecule has 0 saturated heterocycles. The van der Waals surface area contributed by atoms with Gasteiger partial charge in [0.2, 0.25) is 10.0 Å². The molecule has 0 fully saturated rings. The van der Waals surface area contributed by atoms with E-state index in [4.69, 9.17) is 20.0 Å². The molecule has 0 aliphatic rings. The van der Waals surface area contributed by atoms with Crippen molar-refractivity contribution in [2.24, 2.45) is 10.9 Å². The van der Waals surface area contributed by atoms with Gasteiger partial charge in [0.1, 0.15) is 18.0 Å². The third-order valence-corrected chi connectivity index (χ3v) is 5.50. The first-order valence-corrected chi connectivity index (χ1v) is 10.5. The van der Waals surface area contributed by atoms with Gasteiger partial charge in [0.25, 0.3) is 0 Å². The molecule has 164 valence electrons. The maximum Gasteiger partial charge on any atom is 0.414 e. The summed E-state index contributed by atoms with van der Waals surface area (Å²) in [5.41, 5.74) is 5.38. The molecule has 1 atom stereocenters. The zero-order valence-corrected chi connectivity index (χ0v) is 17.5. The average molecular weight is 449 g/mol. The Balaban J connectivity index is 2.12. The number of fused-ring (bicyclic) bond motifs is 1. The number of nitrogens with zero attached hydrogens (tertiary/aromatic N) is 1. The number of hydrogen-bond acceptors (Lipinski definition) is 7. The second-order valence-corrected chi connectivity index (χ2v) is 8.49. The van der Waals surface area contributed by atoms with Crippen LogP contribution < -0.4 is 21.2 Å². The largest absolute Gasteiger partial charge is 0.422 e.